The van der Waals surface area contributed by atoms with Crippen molar-refractivity contribution >= 4 is 185 Å². The average molecular weight is 2030 g/mol. The number of pyridine rings is 4. The largest absolute Gasteiger partial charge is 0.497 e. The van der Waals surface area contributed by atoms with E-state index in [2.05, 4.69) is 391 Å². The Kier molecular flexibility index (Phi) is 31.8. The zero-order chi connectivity index (χ0) is 99.6. The Hall–Kier alpha value is -14.3. The molecular formula is C124H114N10O4S7. The molecule has 726 valence electrons. The molecule has 145 heavy (non-hydrogen) atoms. The van der Waals surface area contributed by atoms with E-state index in [-0.39, 0.29) is 24.5 Å². The van der Waals surface area contributed by atoms with Crippen molar-refractivity contribution in [1.29, 1.82) is 5.26 Å². The molecule has 0 spiro atoms. The number of nitrogens with zero attached hydrogens (tertiary/aromatic N) is 10. The number of hydrogen-bond acceptors (Lipinski definition) is 15. The SMILES string of the molecule is C.CCCCCCCCN1C(=O)/C(=C2\SC(Cc3ccc(/C=C/c4c(-c5ccc(OC)cc5)c(C)c5ccccn45)s3)C(=O)N2CC)SC1=S.COc1ccc(-c2c(C)c3ccccn3c2/C=C/c2ccc(/C=C(/C)C#N)s2)cc1.Cc1ccc(-c2ccc(/C=C/c3c(-c4ccccc4)c(C)c4ccccn34)c3nsnc23)cc1.Cc1ccc2c(c1)N=C(c1ccc(-c3c(-c4ccccc4)c(C)c4ccccn34)s1)C2. The van der Waals surface area contributed by atoms with Gasteiger partial charge in [-0.3, -0.25) is 19.5 Å². The molecule has 2 saturated heterocycles. The second-order valence-electron chi connectivity index (χ2n) is 36.2. The highest BCUT2D eigenvalue weighted by Crippen LogP contribution is 2.49. The summed E-state index contributed by atoms with van der Waals surface area (Å²) in [5.41, 5.74) is 36.5. The fraction of sp³-hybridized carbons (Fsp3) is 0.185. The van der Waals surface area contributed by atoms with Gasteiger partial charge in [0.05, 0.1) is 81.3 Å². The van der Waals surface area contributed by atoms with Gasteiger partial charge in [-0.2, -0.15) is 14.0 Å². The highest BCUT2D eigenvalue weighted by Gasteiger charge is 2.44. The van der Waals surface area contributed by atoms with E-state index in [9.17, 15) is 9.59 Å². The summed E-state index contributed by atoms with van der Waals surface area (Å²) in [6.45, 7) is 20.2. The van der Waals surface area contributed by atoms with Crippen molar-refractivity contribution < 1.29 is 19.1 Å². The van der Waals surface area contributed by atoms with E-state index in [1.807, 2.05) is 55.5 Å². The van der Waals surface area contributed by atoms with Gasteiger partial charge in [-0.05, 0) is 275 Å². The van der Waals surface area contributed by atoms with Crippen molar-refractivity contribution in [2.75, 3.05) is 27.3 Å². The zero-order valence-electron chi connectivity index (χ0n) is 82.4. The maximum absolute atomic E-state index is 13.6. The molecule has 0 radical (unpaired) electrons. The van der Waals surface area contributed by atoms with Crippen LogP contribution in [-0.4, -0.2) is 90.6 Å². The van der Waals surface area contributed by atoms with Crippen molar-refractivity contribution in [2.45, 2.75) is 126 Å². The molecule has 0 saturated carbocycles. The van der Waals surface area contributed by atoms with E-state index < -0.39 is 0 Å². The Balaban J connectivity index is 0.000000129. The molecule has 14 nitrogen and oxygen atoms in total. The summed E-state index contributed by atoms with van der Waals surface area (Å²) in [5, 5.41) is 9.48. The summed E-state index contributed by atoms with van der Waals surface area (Å²) < 4.78 is 29.7. The third-order valence-corrected chi connectivity index (χ3v) is 33.4. The van der Waals surface area contributed by atoms with Crippen LogP contribution in [0.1, 0.15) is 153 Å². The standard InChI is InChI=1S/C39H43N3O3S4.C30H23N3S.C28H22N2S.C26H22N2OS.CH4/c1-5-7-8-9-10-12-24-42-37(44)35(49-39(42)46)38-40(6-2)36(43)33(48-38)25-30-20-19-29(47-30)21-22-32-34(27-15-17-28(45-4)18-16-27)26(3)31-14-11-13-23-41(31)32;1-20-11-13-22(14-12-20)25-17-15-24(29-30(25)32-34-31-29)16-18-27-28(23-8-4-3-5-9-23)21(2)26-10-6-7-19-33(26)27;1-18-11-12-21-17-23(29-22(21)16-18)25-13-14-26(31-25)28-27(20-8-4-3-5-9-20)19(2)24-10-6-7-15-30(24)28;1-18(17-27)16-23-12-11-22(30-23)13-14-25-26(20-7-9-21(29-3)10-8-20)19(2)24-6-4-5-15-28(24)25;/h11,13-23,33H,5-10,12,24-25H2,1-4H3;3-19H,1-2H3;3-16H,17H2,1-2H3;4-16H,1-3H3;1H4/b22-21+,38-35+;18-16+;;14-13+,18-16-;. The number of amides is 2. The van der Waals surface area contributed by atoms with Crippen molar-refractivity contribution in [2.24, 2.45) is 4.99 Å². The smallest absolute Gasteiger partial charge is 0.268 e. The Labute approximate surface area is 879 Å². The maximum Gasteiger partial charge on any atom is 0.268 e. The van der Waals surface area contributed by atoms with Gasteiger partial charge in [0.2, 0.25) is 5.91 Å². The highest BCUT2D eigenvalue weighted by molar-refractivity contribution is 8.27. The lowest BCUT2D eigenvalue weighted by molar-refractivity contribution is -0.127. The van der Waals surface area contributed by atoms with Gasteiger partial charge in [0, 0.05) is 136 Å². The molecule has 2 fully saturated rings. The Bertz CT molecular complexity index is 8250. The number of allylic oxidation sites excluding steroid dienone is 1. The molecule has 3 aliphatic heterocycles. The molecular weight excluding hydrogens is 1920 g/mol. The number of aryl methyl sites for hydroxylation is 6. The number of benzene rings is 7. The van der Waals surface area contributed by atoms with Crippen LogP contribution in [0.4, 0.5) is 5.69 Å². The summed E-state index contributed by atoms with van der Waals surface area (Å²) in [6, 6.07) is 97.7. The number of aromatic nitrogens is 6. The number of aliphatic imine (C=N–C) groups is 1. The van der Waals surface area contributed by atoms with Gasteiger partial charge in [0.25, 0.3) is 5.91 Å². The number of unbranched alkanes of at least 4 members (excludes halogenated alkanes) is 5. The number of fused-ring (bicyclic) bond motifs is 6. The first kappa shape index (κ1) is 101. The highest BCUT2D eigenvalue weighted by atomic mass is 32.2. The van der Waals surface area contributed by atoms with Crippen LogP contribution in [0.2, 0.25) is 0 Å². The van der Waals surface area contributed by atoms with Crippen molar-refractivity contribution in [3.63, 3.8) is 0 Å². The molecule has 12 aromatic heterocycles. The molecule has 3 aliphatic rings. The minimum absolute atomic E-state index is 0. The number of thioether (sulfide) groups is 2. The fourth-order valence-corrected chi connectivity index (χ4v) is 25.9. The topological polar surface area (TPSA) is 139 Å². The number of carbonyl (C=O) groups is 2. The number of hydrogen-bond donors (Lipinski definition) is 0. The molecule has 1 atom stereocenters. The predicted octanol–water partition coefficient (Wildman–Crippen LogP) is 33.5. The number of rotatable bonds is 26. The average Bonchev–Trinajstić information content (AvgIpc) is 1.60. The van der Waals surface area contributed by atoms with Crippen LogP contribution in [0.25, 0.3) is 142 Å². The number of thiophene rings is 3. The number of thiocarbonyl (C=S) groups is 1. The minimum Gasteiger partial charge on any atom is -0.497 e. The normalized spacial score (nSPS) is 14.1. The number of carbonyl (C=O) groups excluding carboxylic acids is 2. The first-order valence-corrected chi connectivity index (χ1v) is 54.1. The molecule has 22 rings (SSSR count). The van der Waals surface area contributed by atoms with Crippen LogP contribution in [0.3, 0.4) is 0 Å². The van der Waals surface area contributed by atoms with Crippen molar-refractivity contribution in [1.82, 2.24) is 36.1 Å². The van der Waals surface area contributed by atoms with Gasteiger partial charge in [0.1, 0.15) is 31.8 Å². The molecule has 0 N–H and O–H groups in total. The van der Waals surface area contributed by atoms with Gasteiger partial charge < -0.3 is 32.0 Å². The molecule has 0 aliphatic carbocycles. The van der Waals surface area contributed by atoms with Gasteiger partial charge in [-0.15, -0.1) is 34.0 Å². The van der Waals surface area contributed by atoms with Crippen molar-refractivity contribution in [3.05, 3.63) is 399 Å². The lowest BCUT2D eigenvalue weighted by Gasteiger charge is -2.16. The second-order valence-corrected chi connectivity index (χ2v) is 43.0. The molecule has 2 amide bonds. The molecule has 21 heteroatoms. The minimum atomic E-state index is -0.272. The van der Waals surface area contributed by atoms with Crippen molar-refractivity contribution in [3.8, 4) is 83.8 Å². The van der Waals surface area contributed by atoms with Crippen LogP contribution in [0, 0.1) is 52.9 Å². The fourth-order valence-electron chi connectivity index (χ4n) is 19.5. The van der Waals surface area contributed by atoms with Gasteiger partial charge in [-0.1, -0.05) is 252 Å². The van der Waals surface area contributed by atoms with E-state index in [0.29, 0.717) is 34.3 Å². The van der Waals surface area contributed by atoms with E-state index in [1.54, 1.807) is 46.7 Å². The first-order chi connectivity index (χ1) is 70.3. The Morgan fingerprint density at radius 2 is 0.979 bits per heavy atom. The monoisotopic (exact) mass is 2030 g/mol. The molecule has 7 aromatic carbocycles. The number of nitriles is 1. The second kappa shape index (κ2) is 45.7. The predicted molar refractivity (Wildman–Crippen MR) is 622 cm³/mol. The van der Waals surface area contributed by atoms with Crippen LogP contribution >= 0.6 is 81.5 Å². The van der Waals surface area contributed by atoms with E-state index in [1.165, 1.54) is 188 Å². The van der Waals surface area contributed by atoms with E-state index in [0.717, 1.165) is 106 Å². The number of ether oxygens (including phenoxy) is 2. The summed E-state index contributed by atoms with van der Waals surface area (Å²) in [7, 11) is 3.37. The quantitative estimate of drug-likeness (QED) is 0.0223. The van der Waals surface area contributed by atoms with Crippen LogP contribution in [-0.2, 0) is 22.4 Å². The summed E-state index contributed by atoms with van der Waals surface area (Å²) in [4.78, 5) is 43.2. The third kappa shape index (κ3) is 21.5. The molecule has 19 aromatic rings. The van der Waals surface area contributed by atoms with Gasteiger partial charge in [-0.25, -0.2) is 0 Å². The van der Waals surface area contributed by atoms with E-state index >= 15 is 0 Å². The van der Waals surface area contributed by atoms with Gasteiger partial charge >= 0.3 is 0 Å². The summed E-state index contributed by atoms with van der Waals surface area (Å²) in [6.07, 6.45) is 32.0. The van der Waals surface area contributed by atoms with Crippen LogP contribution < -0.4 is 9.47 Å². The van der Waals surface area contributed by atoms with E-state index in [4.69, 9.17) is 31.9 Å². The molecule has 1 unspecified atom stereocenters. The lowest BCUT2D eigenvalue weighted by atomic mass is 9.99. The van der Waals surface area contributed by atoms with Crippen LogP contribution in [0.15, 0.2) is 318 Å². The number of methoxy groups -OCH3 is 2. The zero-order valence-corrected chi connectivity index (χ0v) is 88.2. The lowest BCUT2D eigenvalue weighted by Crippen LogP contribution is -2.31. The first-order valence-electron chi connectivity index (χ1n) is 48.8. The Morgan fingerprint density at radius 1 is 0.483 bits per heavy atom. The van der Waals surface area contributed by atoms with Crippen LogP contribution in [0.5, 0.6) is 11.5 Å². The molecule has 15 heterocycles. The third-order valence-electron chi connectivity index (χ3n) is 26.8. The summed E-state index contributed by atoms with van der Waals surface area (Å²) >= 11 is 15.0. The molecule has 0 bridgehead atoms. The maximum atomic E-state index is 13.6. The Morgan fingerprint density at radius 3 is 1.56 bits per heavy atom. The van der Waals surface area contributed by atoms with Gasteiger partial charge in [0.15, 0.2) is 0 Å². The summed E-state index contributed by atoms with van der Waals surface area (Å²) in [5.74, 6) is 1.70.